The summed E-state index contributed by atoms with van der Waals surface area (Å²) in [4.78, 5) is 118. The number of ether oxygens (including phenoxy) is 4. The van der Waals surface area contributed by atoms with Crippen LogP contribution in [0.3, 0.4) is 0 Å². The lowest BCUT2D eigenvalue weighted by molar-refractivity contribution is -0.143. The molecule has 0 aromatic heterocycles. The zero-order valence-electron chi connectivity index (χ0n) is 42.7. The minimum Gasteiger partial charge on any atom is -0.481 e. The maximum absolute atomic E-state index is 12.3. The second-order valence-electron chi connectivity index (χ2n) is 17.6. The molecule has 0 aromatic carbocycles. The Bertz CT molecular complexity index is 1540. The summed E-state index contributed by atoms with van der Waals surface area (Å²) in [6.45, 7) is 2.29. The van der Waals surface area contributed by atoms with Crippen LogP contribution in [0.25, 0.3) is 0 Å². The molecule has 414 valence electrons. The van der Waals surface area contributed by atoms with E-state index >= 15 is 0 Å². The number of hydrogen-bond acceptors (Lipinski definition) is 15. The third-order valence-electron chi connectivity index (χ3n) is 11.0. The highest BCUT2D eigenvalue weighted by Crippen LogP contribution is 2.14. The molecule has 0 radical (unpaired) electrons. The highest BCUT2D eigenvalue weighted by molar-refractivity contribution is 5.86. The van der Waals surface area contributed by atoms with Gasteiger partial charge in [0.2, 0.25) is 35.4 Å². The number of hydrogen-bond donors (Lipinski definition) is 9. The summed E-state index contributed by atoms with van der Waals surface area (Å²) in [5, 5.41) is 33.4. The van der Waals surface area contributed by atoms with E-state index < -0.39 is 66.5 Å². The third-order valence-corrected chi connectivity index (χ3v) is 11.0. The van der Waals surface area contributed by atoms with Gasteiger partial charge in [-0.15, -0.1) is 0 Å². The molecule has 2 unspecified atom stereocenters. The van der Waals surface area contributed by atoms with Crippen LogP contribution in [-0.2, 0) is 66.9 Å². The van der Waals surface area contributed by atoms with Crippen LogP contribution in [0.15, 0.2) is 0 Å². The topological polar surface area (TPSA) is 346 Å². The molecule has 0 spiro atoms. The van der Waals surface area contributed by atoms with E-state index in [0.717, 1.165) is 57.8 Å². The zero-order valence-corrected chi connectivity index (χ0v) is 42.7. The summed E-state index contributed by atoms with van der Waals surface area (Å²) in [6.07, 6.45) is 17.5. The molecule has 0 bridgehead atoms. The average molecular weight is 1030 g/mol. The lowest BCUT2D eigenvalue weighted by atomic mass is 10.0. The van der Waals surface area contributed by atoms with Gasteiger partial charge in [0.05, 0.1) is 51.7 Å². The molecule has 0 rings (SSSR count). The van der Waals surface area contributed by atoms with Crippen molar-refractivity contribution in [1.82, 2.24) is 31.9 Å². The number of carboxylic acids is 2. The molecule has 6 amide bonds. The highest BCUT2D eigenvalue weighted by Gasteiger charge is 2.22. The number of amides is 6. The third kappa shape index (κ3) is 43.7. The Morgan fingerprint density at radius 1 is 0.458 bits per heavy atom. The molecular weight excluding hydrogens is 943 g/mol. The Morgan fingerprint density at radius 3 is 1.43 bits per heavy atom. The highest BCUT2D eigenvalue weighted by atomic mass is 16.5. The molecule has 23 nitrogen and oxygen atoms in total. The number of nitrogens with one attached hydrogen (secondary N) is 6. The number of carboxylic acid groups (broad SMARTS) is 2. The normalized spacial score (nSPS) is 12.6. The summed E-state index contributed by atoms with van der Waals surface area (Å²) in [5.74, 6) is -4.69. The molecule has 10 N–H and O–H groups in total. The van der Waals surface area contributed by atoms with Gasteiger partial charge in [-0.3, -0.25) is 33.6 Å². The van der Waals surface area contributed by atoms with Crippen LogP contribution in [0.2, 0.25) is 0 Å². The predicted molar refractivity (Wildman–Crippen MR) is 265 cm³/mol. The first-order valence-electron chi connectivity index (χ1n) is 25.8. The summed E-state index contributed by atoms with van der Waals surface area (Å²) in [7, 11) is 0. The second kappa shape index (κ2) is 46.9. The average Bonchev–Trinajstić information content (AvgIpc) is 3.34. The number of rotatable bonds is 51. The van der Waals surface area contributed by atoms with Crippen molar-refractivity contribution in [2.75, 3.05) is 65.9 Å². The molecule has 23 heteroatoms. The van der Waals surface area contributed by atoms with Gasteiger partial charge in [-0.2, -0.15) is 0 Å². The van der Waals surface area contributed by atoms with Crippen molar-refractivity contribution in [3.63, 3.8) is 0 Å². The molecule has 0 saturated heterocycles. The SMILES string of the molecule is CCCCNC(=O)CC[C@@H](C=O)NC(=O)CCC(NC(=O)COCCOCCNC(=O)COCCOCC(N)NC(=O)CC[C@@H](C=O)NC(=O)CCCCCCCCCCCCCCCCC(=O)O)C(=O)O. The van der Waals surface area contributed by atoms with Crippen molar-refractivity contribution in [2.45, 2.75) is 185 Å². The standard InChI is InChI=1S/C49H87N7O16/c1-2-3-26-51-42(59)23-20-38(33-57)54-44(61)25-22-40(49(67)68)55-47(64)37-72-30-29-69-28-27-52-46(63)36-71-32-31-70-35-41(50)56-45(62)24-21-39(34-58)53-43(60)18-16-14-12-10-8-6-4-5-7-9-11-13-15-17-19-48(65)66/h33-34,38-41H,2-32,35-37,50H2,1H3,(H,51,59)(H,52,63)(H,53,60)(H,54,61)(H,55,64)(H,56,62)(H,65,66)(H,67,68)/t38-,39-,40?,41?/m0/s1. The first-order chi connectivity index (χ1) is 34.7. The molecule has 0 aliphatic carbocycles. The van der Waals surface area contributed by atoms with E-state index in [0.29, 0.717) is 25.5 Å². The van der Waals surface area contributed by atoms with E-state index in [1.165, 1.54) is 44.9 Å². The van der Waals surface area contributed by atoms with Crippen LogP contribution in [0.1, 0.15) is 161 Å². The van der Waals surface area contributed by atoms with Crippen LogP contribution in [0.4, 0.5) is 0 Å². The molecule has 0 fully saturated rings. The van der Waals surface area contributed by atoms with Gasteiger partial charge in [-0.25, -0.2) is 4.79 Å². The van der Waals surface area contributed by atoms with Crippen molar-refractivity contribution >= 4 is 60.0 Å². The van der Waals surface area contributed by atoms with Gasteiger partial charge in [0, 0.05) is 45.2 Å². The van der Waals surface area contributed by atoms with E-state index in [1.54, 1.807) is 0 Å². The van der Waals surface area contributed by atoms with Gasteiger partial charge in [-0.1, -0.05) is 90.4 Å². The largest absolute Gasteiger partial charge is 0.481 e. The van der Waals surface area contributed by atoms with Gasteiger partial charge in [-0.05, 0) is 38.5 Å². The summed E-state index contributed by atoms with van der Waals surface area (Å²) in [6, 6.07) is -3.08. The minimum absolute atomic E-state index is 0.00476. The van der Waals surface area contributed by atoms with Gasteiger partial charge in [0.1, 0.15) is 38.0 Å². The van der Waals surface area contributed by atoms with E-state index in [1.807, 2.05) is 6.92 Å². The number of carbonyl (C=O) groups is 10. The maximum Gasteiger partial charge on any atom is 0.326 e. The van der Waals surface area contributed by atoms with Crippen LogP contribution < -0.4 is 37.6 Å². The summed E-state index contributed by atoms with van der Waals surface area (Å²) >= 11 is 0. The zero-order chi connectivity index (χ0) is 53.5. The fourth-order valence-corrected chi connectivity index (χ4v) is 6.94. The summed E-state index contributed by atoms with van der Waals surface area (Å²) in [5.41, 5.74) is 5.92. The first-order valence-corrected chi connectivity index (χ1v) is 25.8. The lowest BCUT2D eigenvalue weighted by Crippen LogP contribution is -2.45. The smallest absolute Gasteiger partial charge is 0.326 e. The number of aliphatic carboxylic acids is 2. The van der Waals surface area contributed by atoms with Crippen molar-refractivity contribution in [1.29, 1.82) is 0 Å². The van der Waals surface area contributed by atoms with Crippen LogP contribution in [0.5, 0.6) is 0 Å². The molecular formula is C49H87N7O16. The molecule has 0 saturated carbocycles. The molecule has 0 heterocycles. The van der Waals surface area contributed by atoms with Crippen molar-refractivity contribution in [3.05, 3.63) is 0 Å². The fraction of sp³-hybridized carbons (Fsp3) is 0.796. The minimum atomic E-state index is -1.38. The molecule has 0 aliphatic rings. The number of carbonyl (C=O) groups excluding carboxylic acids is 8. The van der Waals surface area contributed by atoms with Gasteiger partial charge < -0.3 is 76.4 Å². The van der Waals surface area contributed by atoms with Gasteiger partial charge in [0.15, 0.2) is 0 Å². The Balaban J connectivity index is 3.88. The monoisotopic (exact) mass is 1030 g/mol. The van der Waals surface area contributed by atoms with E-state index in [-0.39, 0.29) is 110 Å². The number of unbranched alkanes of at least 4 members (excludes halogenated alkanes) is 14. The first kappa shape index (κ1) is 66.9. The molecule has 0 aliphatic heterocycles. The lowest BCUT2D eigenvalue weighted by Gasteiger charge is -2.16. The fourth-order valence-electron chi connectivity index (χ4n) is 6.94. The molecule has 72 heavy (non-hydrogen) atoms. The van der Waals surface area contributed by atoms with Gasteiger partial charge in [0.25, 0.3) is 0 Å². The Hall–Kier alpha value is -5.10. The van der Waals surface area contributed by atoms with Crippen molar-refractivity contribution in [3.8, 4) is 0 Å². The van der Waals surface area contributed by atoms with E-state index in [2.05, 4.69) is 31.9 Å². The van der Waals surface area contributed by atoms with E-state index in [9.17, 15) is 53.1 Å². The van der Waals surface area contributed by atoms with Crippen molar-refractivity contribution in [2.24, 2.45) is 5.73 Å². The van der Waals surface area contributed by atoms with Crippen LogP contribution >= 0.6 is 0 Å². The molecule has 4 atom stereocenters. The molecule has 0 aromatic rings. The maximum atomic E-state index is 12.3. The van der Waals surface area contributed by atoms with E-state index in [4.69, 9.17) is 29.8 Å². The van der Waals surface area contributed by atoms with Crippen molar-refractivity contribution < 1.29 is 77.1 Å². The second-order valence-corrected chi connectivity index (χ2v) is 17.6. The van der Waals surface area contributed by atoms with Crippen LogP contribution in [-0.4, -0.2) is 160 Å². The Morgan fingerprint density at radius 2 is 0.903 bits per heavy atom. The number of aldehydes is 2. The Labute approximate surface area is 425 Å². The summed E-state index contributed by atoms with van der Waals surface area (Å²) < 4.78 is 21.2. The van der Waals surface area contributed by atoms with Crippen LogP contribution in [0, 0.1) is 0 Å². The Kier molecular flexibility index (Phi) is 43.6. The number of nitrogens with two attached hydrogens (primary N) is 1. The predicted octanol–water partition coefficient (Wildman–Crippen LogP) is 2.09. The van der Waals surface area contributed by atoms with Gasteiger partial charge >= 0.3 is 11.9 Å². The quantitative estimate of drug-likeness (QED) is 0.0239.